The van der Waals surface area contributed by atoms with Crippen LogP contribution < -0.4 is 4.74 Å². The van der Waals surface area contributed by atoms with Gasteiger partial charge in [-0.2, -0.15) is 0 Å². The van der Waals surface area contributed by atoms with Crippen LogP contribution in [-0.4, -0.2) is 46.8 Å². The zero-order chi connectivity index (χ0) is 23.2. The molecule has 1 saturated heterocycles. The molecule has 0 aromatic heterocycles. The van der Waals surface area contributed by atoms with Crippen molar-refractivity contribution in [2.75, 3.05) is 26.2 Å². The summed E-state index contributed by atoms with van der Waals surface area (Å²) >= 11 is 0. The molecular weight excluding hydrogens is 425 g/mol. The van der Waals surface area contributed by atoms with Crippen LogP contribution in [0.1, 0.15) is 21.5 Å². The van der Waals surface area contributed by atoms with E-state index in [0.29, 0.717) is 44.0 Å². The molecule has 4 rings (SSSR count). The summed E-state index contributed by atoms with van der Waals surface area (Å²) in [5, 5.41) is 11.0. The molecule has 1 aliphatic rings. The molecule has 1 fully saturated rings. The van der Waals surface area contributed by atoms with Crippen molar-refractivity contribution >= 4 is 11.6 Å². The molecule has 0 N–H and O–H groups in total. The number of nitrogens with zero attached hydrogens (tertiary/aromatic N) is 3. The molecular formula is C25H24FN3O4. The van der Waals surface area contributed by atoms with Crippen LogP contribution >= 0.6 is 0 Å². The molecule has 170 valence electrons. The highest BCUT2D eigenvalue weighted by Gasteiger charge is 2.23. The van der Waals surface area contributed by atoms with E-state index in [2.05, 4.69) is 4.90 Å². The summed E-state index contributed by atoms with van der Waals surface area (Å²) in [6.07, 6.45) is 0. The highest BCUT2D eigenvalue weighted by atomic mass is 19.1. The van der Waals surface area contributed by atoms with Crippen LogP contribution in [0.15, 0.2) is 72.8 Å². The molecule has 7 nitrogen and oxygen atoms in total. The molecule has 0 spiro atoms. The molecule has 0 aliphatic carbocycles. The van der Waals surface area contributed by atoms with Crippen molar-refractivity contribution in [1.82, 2.24) is 9.80 Å². The van der Waals surface area contributed by atoms with E-state index in [4.69, 9.17) is 4.74 Å². The zero-order valence-electron chi connectivity index (χ0n) is 18.0. The fraction of sp³-hybridized carbons (Fsp3) is 0.240. The molecule has 0 unspecified atom stereocenters. The Balaban J connectivity index is 1.31. The molecule has 3 aromatic carbocycles. The van der Waals surface area contributed by atoms with E-state index in [1.807, 2.05) is 11.0 Å². The van der Waals surface area contributed by atoms with Gasteiger partial charge in [-0.3, -0.25) is 19.8 Å². The zero-order valence-corrected chi connectivity index (χ0v) is 18.0. The van der Waals surface area contributed by atoms with Crippen LogP contribution in [0.3, 0.4) is 0 Å². The standard InChI is InChI=1S/C25H24FN3O4/c26-22-9-7-19(8-10-22)18-33-24-6-2-4-21(16-24)25(30)28-13-11-27(12-14-28)17-20-3-1-5-23(15-20)29(31)32/h1-10,15-16H,11-14,17-18H2. The number of piperazine rings is 1. The van der Waals surface area contributed by atoms with E-state index in [9.17, 15) is 19.3 Å². The number of hydrogen-bond donors (Lipinski definition) is 0. The number of amides is 1. The Morgan fingerprint density at radius 2 is 1.67 bits per heavy atom. The number of rotatable bonds is 7. The smallest absolute Gasteiger partial charge is 0.269 e. The van der Waals surface area contributed by atoms with Gasteiger partial charge in [0.1, 0.15) is 18.2 Å². The second kappa shape index (κ2) is 10.2. The van der Waals surface area contributed by atoms with Gasteiger partial charge in [-0.05, 0) is 41.5 Å². The van der Waals surface area contributed by atoms with Crippen LogP contribution in [0.2, 0.25) is 0 Å². The Hall–Kier alpha value is -3.78. The number of carbonyl (C=O) groups is 1. The third kappa shape index (κ3) is 5.93. The molecule has 1 amide bonds. The van der Waals surface area contributed by atoms with Crippen molar-refractivity contribution in [1.29, 1.82) is 0 Å². The molecule has 0 saturated carbocycles. The minimum Gasteiger partial charge on any atom is -0.489 e. The molecule has 0 bridgehead atoms. The summed E-state index contributed by atoms with van der Waals surface area (Å²) in [4.78, 5) is 27.6. The van der Waals surface area contributed by atoms with Gasteiger partial charge in [0, 0.05) is 50.4 Å². The largest absolute Gasteiger partial charge is 0.489 e. The van der Waals surface area contributed by atoms with Gasteiger partial charge in [0.2, 0.25) is 0 Å². The first-order valence-electron chi connectivity index (χ1n) is 10.7. The predicted octanol–water partition coefficient (Wildman–Crippen LogP) is 4.27. The number of halogens is 1. The molecule has 3 aromatic rings. The Labute approximate surface area is 191 Å². The van der Waals surface area contributed by atoms with Crippen molar-refractivity contribution in [3.8, 4) is 5.75 Å². The average Bonchev–Trinajstić information content (AvgIpc) is 2.84. The Morgan fingerprint density at radius 3 is 2.39 bits per heavy atom. The normalized spacial score (nSPS) is 14.2. The molecule has 8 heteroatoms. The maximum Gasteiger partial charge on any atom is 0.269 e. The SMILES string of the molecule is O=C(c1cccc(OCc2ccc(F)cc2)c1)N1CCN(Cc2cccc([N+](=O)[O-])c2)CC1. The lowest BCUT2D eigenvalue weighted by molar-refractivity contribution is -0.384. The van der Waals surface area contributed by atoms with Crippen LogP contribution in [0.25, 0.3) is 0 Å². The van der Waals surface area contributed by atoms with Crippen LogP contribution in [0, 0.1) is 15.9 Å². The predicted molar refractivity (Wildman–Crippen MR) is 121 cm³/mol. The van der Waals surface area contributed by atoms with Crippen molar-refractivity contribution in [2.24, 2.45) is 0 Å². The lowest BCUT2D eigenvalue weighted by Gasteiger charge is -2.34. The first kappa shape index (κ1) is 22.4. The number of nitro benzene ring substituents is 1. The Morgan fingerprint density at radius 1 is 0.939 bits per heavy atom. The quantitative estimate of drug-likeness (QED) is 0.398. The van der Waals surface area contributed by atoms with E-state index in [-0.39, 0.29) is 24.0 Å². The third-order valence-electron chi connectivity index (χ3n) is 5.59. The fourth-order valence-electron chi connectivity index (χ4n) is 3.78. The maximum absolute atomic E-state index is 13.0. The summed E-state index contributed by atoms with van der Waals surface area (Å²) in [6.45, 7) is 3.43. The van der Waals surface area contributed by atoms with Crippen LogP contribution in [0.4, 0.5) is 10.1 Å². The Kier molecular flexibility index (Phi) is 6.95. The minimum absolute atomic E-state index is 0.0581. The van der Waals surface area contributed by atoms with E-state index in [1.165, 1.54) is 18.2 Å². The summed E-state index contributed by atoms with van der Waals surface area (Å²) in [6, 6.07) is 19.8. The van der Waals surface area contributed by atoms with Gasteiger partial charge in [0.15, 0.2) is 0 Å². The first-order valence-corrected chi connectivity index (χ1v) is 10.7. The molecule has 1 aliphatic heterocycles. The number of ether oxygens (including phenoxy) is 1. The topological polar surface area (TPSA) is 75.9 Å². The highest BCUT2D eigenvalue weighted by molar-refractivity contribution is 5.94. The molecule has 33 heavy (non-hydrogen) atoms. The van der Waals surface area contributed by atoms with Gasteiger partial charge in [-0.25, -0.2) is 4.39 Å². The summed E-state index contributed by atoms with van der Waals surface area (Å²) in [5.74, 6) is 0.225. The van der Waals surface area contributed by atoms with E-state index in [1.54, 1.807) is 48.5 Å². The van der Waals surface area contributed by atoms with E-state index in [0.717, 1.165) is 11.1 Å². The minimum atomic E-state index is -0.391. The first-order chi connectivity index (χ1) is 16.0. The van der Waals surface area contributed by atoms with Crippen molar-refractivity contribution in [2.45, 2.75) is 13.2 Å². The van der Waals surface area contributed by atoms with Crippen LogP contribution in [-0.2, 0) is 13.2 Å². The average molecular weight is 449 g/mol. The summed E-state index contributed by atoms with van der Waals surface area (Å²) in [5.41, 5.74) is 2.37. The summed E-state index contributed by atoms with van der Waals surface area (Å²) in [7, 11) is 0. The van der Waals surface area contributed by atoms with Gasteiger partial charge in [-0.1, -0.05) is 30.3 Å². The van der Waals surface area contributed by atoms with Crippen molar-refractivity contribution in [3.63, 3.8) is 0 Å². The van der Waals surface area contributed by atoms with E-state index >= 15 is 0 Å². The van der Waals surface area contributed by atoms with Gasteiger partial charge in [0.05, 0.1) is 4.92 Å². The van der Waals surface area contributed by atoms with Crippen LogP contribution in [0.5, 0.6) is 5.75 Å². The summed E-state index contributed by atoms with van der Waals surface area (Å²) < 4.78 is 18.8. The lowest BCUT2D eigenvalue weighted by atomic mass is 10.1. The van der Waals surface area contributed by atoms with Gasteiger partial charge < -0.3 is 9.64 Å². The maximum atomic E-state index is 13.0. The number of hydrogen-bond acceptors (Lipinski definition) is 5. The van der Waals surface area contributed by atoms with Gasteiger partial charge in [-0.15, -0.1) is 0 Å². The van der Waals surface area contributed by atoms with Crippen molar-refractivity contribution < 1.29 is 18.8 Å². The van der Waals surface area contributed by atoms with Gasteiger partial charge in [0.25, 0.3) is 11.6 Å². The lowest BCUT2D eigenvalue weighted by Crippen LogP contribution is -2.48. The highest BCUT2D eigenvalue weighted by Crippen LogP contribution is 2.19. The second-order valence-electron chi connectivity index (χ2n) is 7.94. The monoisotopic (exact) mass is 449 g/mol. The van der Waals surface area contributed by atoms with Gasteiger partial charge >= 0.3 is 0 Å². The number of nitro groups is 1. The fourth-order valence-corrected chi connectivity index (χ4v) is 3.78. The number of non-ortho nitro benzene ring substituents is 1. The molecule has 0 atom stereocenters. The molecule has 0 radical (unpaired) electrons. The third-order valence-corrected chi connectivity index (χ3v) is 5.59. The number of carbonyl (C=O) groups excluding carboxylic acids is 1. The van der Waals surface area contributed by atoms with E-state index < -0.39 is 4.92 Å². The second-order valence-corrected chi connectivity index (χ2v) is 7.94. The number of benzene rings is 3. The Bertz CT molecular complexity index is 1130. The van der Waals surface area contributed by atoms with Crippen molar-refractivity contribution in [3.05, 3.63) is 105 Å². The molecule has 1 heterocycles.